The molecule has 162 valence electrons. The van der Waals surface area contributed by atoms with Crippen LogP contribution in [0.5, 0.6) is 0 Å². The minimum absolute atomic E-state index is 0.0880. The highest BCUT2D eigenvalue weighted by atomic mass is 32.1. The molecule has 1 aliphatic heterocycles. The van der Waals surface area contributed by atoms with Crippen LogP contribution in [0.3, 0.4) is 0 Å². The largest absolute Gasteiger partial charge is 0.462 e. The Morgan fingerprint density at radius 3 is 2.90 bits per heavy atom. The van der Waals surface area contributed by atoms with Crippen molar-refractivity contribution in [2.75, 3.05) is 25.5 Å². The molecular formula is C22H24N4O4S. The Morgan fingerprint density at radius 2 is 2.10 bits per heavy atom. The highest BCUT2D eigenvalue weighted by Crippen LogP contribution is 2.37. The molecule has 2 aromatic heterocycles. The number of carbonyl (C=O) groups excluding carboxylic acids is 2. The van der Waals surface area contributed by atoms with E-state index in [9.17, 15) is 14.4 Å². The van der Waals surface area contributed by atoms with E-state index in [1.54, 1.807) is 25.1 Å². The number of carbonyl (C=O) groups is 2. The predicted octanol–water partition coefficient (Wildman–Crippen LogP) is 2.65. The Labute approximate surface area is 183 Å². The van der Waals surface area contributed by atoms with Crippen molar-refractivity contribution < 1.29 is 14.3 Å². The van der Waals surface area contributed by atoms with Crippen LogP contribution < -0.4 is 10.9 Å². The van der Waals surface area contributed by atoms with Crippen LogP contribution in [0, 0.1) is 0 Å². The molecule has 0 atom stereocenters. The summed E-state index contributed by atoms with van der Waals surface area (Å²) in [7, 11) is 2.03. The zero-order valence-electron chi connectivity index (χ0n) is 17.5. The van der Waals surface area contributed by atoms with Gasteiger partial charge in [0.2, 0.25) is 5.91 Å². The first-order valence-electron chi connectivity index (χ1n) is 10.2. The Bertz CT molecular complexity index is 1200. The molecule has 1 aliphatic rings. The van der Waals surface area contributed by atoms with Crippen molar-refractivity contribution in [3.8, 4) is 0 Å². The van der Waals surface area contributed by atoms with Crippen molar-refractivity contribution in [2.45, 2.75) is 32.9 Å². The number of aromatic nitrogens is 2. The molecule has 1 amide bonds. The van der Waals surface area contributed by atoms with Crippen molar-refractivity contribution in [2.24, 2.45) is 0 Å². The summed E-state index contributed by atoms with van der Waals surface area (Å²) in [5.74, 6) is -0.674. The number of rotatable bonds is 6. The zero-order chi connectivity index (χ0) is 22.0. The van der Waals surface area contributed by atoms with Crippen LogP contribution in [0.2, 0.25) is 0 Å². The number of hydrogen-bond acceptors (Lipinski definition) is 7. The second kappa shape index (κ2) is 8.99. The number of thiophene rings is 1. The Kier molecular flexibility index (Phi) is 6.15. The molecule has 1 aromatic carbocycles. The molecule has 1 N–H and O–H groups in total. The molecular weight excluding hydrogens is 416 g/mol. The summed E-state index contributed by atoms with van der Waals surface area (Å²) in [6.07, 6.45) is 2.29. The van der Waals surface area contributed by atoms with E-state index < -0.39 is 5.97 Å². The summed E-state index contributed by atoms with van der Waals surface area (Å²) in [5.41, 5.74) is 1.88. The normalized spacial score (nSPS) is 13.7. The lowest BCUT2D eigenvalue weighted by atomic mass is 10.0. The van der Waals surface area contributed by atoms with Gasteiger partial charge >= 0.3 is 5.97 Å². The molecule has 0 bridgehead atoms. The van der Waals surface area contributed by atoms with Gasteiger partial charge in [0.15, 0.2) is 0 Å². The van der Waals surface area contributed by atoms with Gasteiger partial charge in [0, 0.05) is 30.9 Å². The summed E-state index contributed by atoms with van der Waals surface area (Å²) >= 11 is 1.42. The first kappa shape index (κ1) is 21.2. The van der Waals surface area contributed by atoms with E-state index in [1.165, 1.54) is 22.2 Å². The molecule has 0 unspecified atom stereocenters. The smallest absolute Gasteiger partial charge is 0.341 e. The summed E-state index contributed by atoms with van der Waals surface area (Å²) in [5, 5.41) is 3.91. The fourth-order valence-corrected chi connectivity index (χ4v) is 5.05. The van der Waals surface area contributed by atoms with Gasteiger partial charge in [-0.3, -0.25) is 14.2 Å². The minimum Gasteiger partial charge on any atom is -0.462 e. The molecule has 0 spiro atoms. The molecule has 0 fully saturated rings. The lowest BCUT2D eigenvalue weighted by Crippen LogP contribution is -2.26. The van der Waals surface area contributed by atoms with Crippen LogP contribution in [-0.4, -0.2) is 46.5 Å². The van der Waals surface area contributed by atoms with E-state index >= 15 is 0 Å². The average Bonchev–Trinajstić information content (AvgIpc) is 3.10. The van der Waals surface area contributed by atoms with Crippen LogP contribution >= 0.6 is 11.3 Å². The van der Waals surface area contributed by atoms with Gasteiger partial charge in [0.25, 0.3) is 5.56 Å². The van der Waals surface area contributed by atoms with E-state index in [4.69, 9.17) is 4.74 Å². The van der Waals surface area contributed by atoms with E-state index in [0.29, 0.717) is 21.5 Å². The number of hydrogen-bond donors (Lipinski definition) is 1. The lowest BCUT2D eigenvalue weighted by Gasteiger charge is -2.22. The van der Waals surface area contributed by atoms with E-state index in [-0.39, 0.29) is 31.0 Å². The second-order valence-corrected chi connectivity index (χ2v) is 8.58. The number of likely N-dealkylation sites (N-methyl/N-ethyl adjacent to an activating group) is 1. The number of benzene rings is 1. The van der Waals surface area contributed by atoms with Gasteiger partial charge in [-0.05, 0) is 38.1 Å². The van der Waals surface area contributed by atoms with Crippen LogP contribution in [-0.2, 0) is 29.0 Å². The standard InChI is InChI=1S/C22H24N4O4S/c1-3-30-22(29)19-15-8-10-25(2)12-17(15)31-20(19)24-18(27)9-11-26-13-23-16-7-5-4-6-14(16)21(26)28/h4-7,13H,3,8-12H2,1-2H3,(H,24,27). The van der Waals surface area contributed by atoms with E-state index in [2.05, 4.69) is 15.2 Å². The molecule has 3 aromatic rings. The third-order valence-electron chi connectivity index (χ3n) is 5.29. The Hall–Kier alpha value is -3.04. The van der Waals surface area contributed by atoms with Crippen molar-refractivity contribution in [3.05, 3.63) is 57.0 Å². The Balaban J connectivity index is 1.52. The van der Waals surface area contributed by atoms with Gasteiger partial charge in [0.1, 0.15) is 5.00 Å². The number of nitrogens with one attached hydrogen (secondary N) is 1. The van der Waals surface area contributed by atoms with Gasteiger partial charge in [0.05, 0.1) is 29.4 Å². The third-order valence-corrected chi connectivity index (χ3v) is 6.42. The highest BCUT2D eigenvalue weighted by molar-refractivity contribution is 7.17. The van der Waals surface area contributed by atoms with Crippen LogP contribution in [0.25, 0.3) is 10.9 Å². The molecule has 0 radical (unpaired) electrons. The van der Waals surface area contributed by atoms with Crippen LogP contribution in [0.15, 0.2) is 35.4 Å². The number of para-hydroxylation sites is 1. The second-order valence-electron chi connectivity index (χ2n) is 7.47. The topological polar surface area (TPSA) is 93.5 Å². The summed E-state index contributed by atoms with van der Waals surface area (Å²) in [6, 6.07) is 7.11. The molecule has 0 saturated heterocycles. The van der Waals surface area contributed by atoms with Gasteiger partial charge in [-0.1, -0.05) is 12.1 Å². The van der Waals surface area contributed by atoms with E-state index in [0.717, 1.165) is 30.0 Å². The quantitative estimate of drug-likeness (QED) is 0.593. The molecule has 8 nitrogen and oxygen atoms in total. The maximum Gasteiger partial charge on any atom is 0.341 e. The molecule has 4 rings (SSSR count). The predicted molar refractivity (Wildman–Crippen MR) is 120 cm³/mol. The highest BCUT2D eigenvalue weighted by Gasteiger charge is 2.28. The number of fused-ring (bicyclic) bond motifs is 2. The van der Waals surface area contributed by atoms with Crippen molar-refractivity contribution >= 4 is 39.1 Å². The molecule has 3 heterocycles. The first-order valence-corrected chi connectivity index (χ1v) is 11.0. The number of nitrogens with zero attached hydrogens (tertiary/aromatic N) is 3. The van der Waals surface area contributed by atoms with Crippen LogP contribution in [0.4, 0.5) is 5.00 Å². The number of esters is 1. The molecule has 9 heteroatoms. The Morgan fingerprint density at radius 1 is 1.29 bits per heavy atom. The zero-order valence-corrected chi connectivity index (χ0v) is 18.3. The average molecular weight is 441 g/mol. The van der Waals surface area contributed by atoms with Crippen molar-refractivity contribution in [1.29, 1.82) is 0 Å². The molecule has 31 heavy (non-hydrogen) atoms. The van der Waals surface area contributed by atoms with Crippen LogP contribution in [0.1, 0.15) is 34.1 Å². The summed E-state index contributed by atoms with van der Waals surface area (Å²) < 4.78 is 6.67. The number of aryl methyl sites for hydroxylation is 1. The first-order chi connectivity index (χ1) is 15.0. The van der Waals surface area contributed by atoms with Gasteiger partial charge in [-0.25, -0.2) is 9.78 Å². The monoisotopic (exact) mass is 440 g/mol. The molecule has 0 saturated carbocycles. The summed E-state index contributed by atoms with van der Waals surface area (Å²) in [6.45, 7) is 3.82. The number of amides is 1. The maximum atomic E-state index is 12.7. The SMILES string of the molecule is CCOC(=O)c1c(NC(=O)CCn2cnc3ccccc3c2=O)sc2c1CCN(C)C2. The summed E-state index contributed by atoms with van der Waals surface area (Å²) in [4.78, 5) is 45.4. The maximum absolute atomic E-state index is 12.7. The van der Waals surface area contributed by atoms with Gasteiger partial charge in [-0.2, -0.15) is 0 Å². The number of anilines is 1. The van der Waals surface area contributed by atoms with Gasteiger partial charge in [-0.15, -0.1) is 11.3 Å². The van der Waals surface area contributed by atoms with Crippen molar-refractivity contribution in [3.63, 3.8) is 0 Å². The van der Waals surface area contributed by atoms with E-state index in [1.807, 2.05) is 13.1 Å². The van der Waals surface area contributed by atoms with Gasteiger partial charge < -0.3 is 15.0 Å². The minimum atomic E-state index is -0.408. The fourth-order valence-electron chi connectivity index (χ4n) is 3.71. The van der Waals surface area contributed by atoms with Crippen molar-refractivity contribution in [1.82, 2.24) is 14.5 Å². The molecule has 0 aliphatic carbocycles. The lowest BCUT2D eigenvalue weighted by molar-refractivity contribution is -0.116. The fraction of sp³-hybridized carbons (Fsp3) is 0.364. The number of ether oxygens (including phenoxy) is 1. The third kappa shape index (κ3) is 4.38.